The molecular weight excluding hydrogens is 493 g/mol. The molecule has 3 heterocycles. The lowest BCUT2D eigenvalue weighted by Gasteiger charge is -2.46. The number of aromatic nitrogens is 4. The summed E-state index contributed by atoms with van der Waals surface area (Å²) in [5, 5.41) is 7.34. The summed E-state index contributed by atoms with van der Waals surface area (Å²) in [5.41, 5.74) is -0.525. The lowest BCUT2D eigenvalue weighted by Crippen LogP contribution is -2.62. The maximum absolute atomic E-state index is 14.5. The van der Waals surface area contributed by atoms with E-state index >= 15 is 0 Å². The van der Waals surface area contributed by atoms with Gasteiger partial charge in [-0.25, -0.2) is 14.2 Å². The summed E-state index contributed by atoms with van der Waals surface area (Å²) >= 11 is 0. The summed E-state index contributed by atoms with van der Waals surface area (Å²) in [6, 6.07) is 2.86. The second-order valence-corrected chi connectivity index (χ2v) is 10.8. The van der Waals surface area contributed by atoms with E-state index in [1.807, 2.05) is 39.5 Å². The van der Waals surface area contributed by atoms with Crippen molar-refractivity contribution in [3.63, 3.8) is 0 Å². The van der Waals surface area contributed by atoms with Crippen molar-refractivity contribution in [2.24, 2.45) is 7.05 Å². The average Bonchev–Trinajstić information content (AvgIpc) is 3.18. The van der Waals surface area contributed by atoms with Crippen LogP contribution in [0.2, 0.25) is 0 Å². The molecule has 0 atom stereocenters. The van der Waals surface area contributed by atoms with E-state index in [1.165, 1.54) is 16.9 Å². The number of hydrogen-bond donors (Lipinski definition) is 1. The van der Waals surface area contributed by atoms with Crippen LogP contribution in [0.15, 0.2) is 24.5 Å². The molecule has 1 aromatic carbocycles. The van der Waals surface area contributed by atoms with Crippen molar-refractivity contribution in [1.29, 1.82) is 0 Å². The zero-order chi connectivity index (χ0) is 27.8. The van der Waals surface area contributed by atoms with Gasteiger partial charge >= 0.3 is 6.09 Å². The normalized spacial score (nSPS) is 15.5. The van der Waals surface area contributed by atoms with Gasteiger partial charge in [0.15, 0.2) is 5.82 Å². The number of nitrogens with zero attached hydrogens (tertiary/aromatic N) is 6. The maximum atomic E-state index is 14.5. The van der Waals surface area contributed by atoms with Crippen molar-refractivity contribution in [3.8, 4) is 5.88 Å². The second kappa shape index (κ2) is 10.1. The van der Waals surface area contributed by atoms with Gasteiger partial charge < -0.3 is 19.7 Å². The molecule has 0 saturated carbocycles. The fourth-order valence-electron chi connectivity index (χ4n) is 4.38. The lowest BCUT2D eigenvalue weighted by molar-refractivity contribution is 0.000208. The number of benzene rings is 1. The summed E-state index contributed by atoms with van der Waals surface area (Å²) < 4.78 is 27.2. The monoisotopic (exact) mass is 527 g/mol. The Balaban J connectivity index is 1.53. The first-order valence-corrected chi connectivity index (χ1v) is 12.5. The Hall–Kier alpha value is -3.96. The first-order chi connectivity index (χ1) is 17.8. The molecule has 0 spiro atoms. The molecular formula is C26H34FN7O4. The third-order valence-corrected chi connectivity index (χ3v) is 6.00. The van der Waals surface area contributed by atoms with Gasteiger partial charge in [-0.1, -0.05) is 0 Å². The zero-order valence-electron chi connectivity index (χ0n) is 22.8. The van der Waals surface area contributed by atoms with Crippen LogP contribution in [0.3, 0.4) is 0 Å². The SMILES string of the molecule is CCOc1nc(N2CCN(C(=O)OC(C)(C)C)C(C)(C)C2)ncc1C(=O)Nc1cc(F)c2nn(C)cc2c1. The highest BCUT2D eigenvalue weighted by atomic mass is 19.1. The standard InChI is InChI=1S/C26H34FN7O4/c1-8-37-22-18(21(35)29-17-11-16-14-32(7)31-20(16)19(27)12-17)13-28-23(30-22)33-9-10-34(26(5,6)15-33)24(36)38-25(2,3)4/h11-14H,8-10,15H2,1-7H3,(H,29,35). The van der Waals surface area contributed by atoms with Crippen molar-refractivity contribution in [2.75, 3.05) is 36.5 Å². The van der Waals surface area contributed by atoms with Crippen molar-refractivity contribution in [2.45, 2.75) is 52.7 Å². The minimum Gasteiger partial charge on any atom is -0.477 e. The number of anilines is 2. The van der Waals surface area contributed by atoms with E-state index in [1.54, 1.807) is 31.1 Å². The quantitative estimate of drug-likeness (QED) is 0.530. The Morgan fingerprint density at radius 1 is 1.21 bits per heavy atom. The van der Waals surface area contributed by atoms with Crippen molar-refractivity contribution >= 4 is 34.5 Å². The molecule has 3 aromatic rings. The molecule has 1 aliphatic heterocycles. The minimum absolute atomic E-state index is 0.116. The average molecular weight is 528 g/mol. The van der Waals surface area contributed by atoms with E-state index in [9.17, 15) is 14.0 Å². The number of halogens is 1. The molecule has 1 aliphatic rings. The number of rotatable bonds is 5. The fourth-order valence-corrected chi connectivity index (χ4v) is 4.38. The van der Waals surface area contributed by atoms with Crippen LogP contribution in [0.25, 0.3) is 10.9 Å². The number of piperazine rings is 1. The largest absolute Gasteiger partial charge is 0.477 e. The highest BCUT2D eigenvalue weighted by Crippen LogP contribution is 2.28. The number of carbonyl (C=O) groups excluding carboxylic acids is 2. The molecule has 1 fully saturated rings. The maximum Gasteiger partial charge on any atom is 0.410 e. The Morgan fingerprint density at radius 2 is 1.95 bits per heavy atom. The fraction of sp³-hybridized carbons (Fsp3) is 0.500. The number of carbonyl (C=O) groups is 2. The molecule has 1 saturated heterocycles. The number of nitrogens with one attached hydrogen (secondary N) is 1. The third-order valence-electron chi connectivity index (χ3n) is 6.00. The summed E-state index contributed by atoms with van der Waals surface area (Å²) in [6.45, 7) is 12.8. The van der Waals surface area contributed by atoms with Crippen LogP contribution < -0.4 is 15.0 Å². The van der Waals surface area contributed by atoms with Gasteiger partial charge in [-0.05, 0) is 53.7 Å². The van der Waals surface area contributed by atoms with Gasteiger partial charge in [0, 0.05) is 50.1 Å². The van der Waals surface area contributed by atoms with Crippen LogP contribution in [0.4, 0.5) is 20.8 Å². The molecule has 2 aromatic heterocycles. The molecule has 204 valence electrons. The van der Waals surface area contributed by atoms with E-state index in [0.29, 0.717) is 31.0 Å². The molecule has 11 nitrogen and oxygen atoms in total. The number of fused-ring (bicyclic) bond motifs is 1. The Bertz CT molecular complexity index is 1370. The van der Waals surface area contributed by atoms with Gasteiger partial charge in [-0.2, -0.15) is 10.1 Å². The second-order valence-electron chi connectivity index (χ2n) is 10.8. The molecule has 1 N–H and O–H groups in total. The predicted octanol–water partition coefficient (Wildman–Crippen LogP) is 3.99. The highest BCUT2D eigenvalue weighted by Gasteiger charge is 2.40. The summed E-state index contributed by atoms with van der Waals surface area (Å²) in [5.74, 6) is -0.573. The van der Waals surface area contributed by atoms with E-state index in [2.05, 4.69) is 20.4 Å². The Kier molecular flexibility index (Phi) is 7.18. The van der Waals surface area contributed by atoms with Gasteiger partial charge in [0.1, 0.15) is 16.7 Å². The minimum atomic E-state index is -0.592. The van der Waals surface area contributed by atoms with Gasteiger partial charge in [0.05, 0.1) is 12.1 Å². The van der Waals surface area contributed by atoms with Crippen LogP contribution >= 0.6 is 0 Å². The molecule has 4 rings (SSSR count). The van der Waals surface area contributed by atoms with Gasteiger partial charge in [0.25, 0.3) is 5.91 Å². The molecule has 0 aliphatic carbocycles. The van der Waals surface area contributed by atoms with Crippen molar-refractivity contribution in [1.82, 2.24) is 24.6 Å². The van der Waals surface area contributed by atoms with Crippen LogP contribution in [0.1, 0.15) is 51.9 Å². The summed E-state index contributed by atoms with van der Waals surface area (Å²) in [6.07, 6.45) is 2.70. The molecule has 0 radical (unpaired) electrons. The number of amides is 2. The number of aryl methyl sites for hydroxylation is 1. The van der Waals surface area contributed by atoms with Crippen LogP contribution in [0.5, 0.6) is 5.88 Å². The first-order valence-electron chi connectivity index (χ1n) is 12.5. The summed E-state index contributed by atoms with van der Waals surface area (Å²) in [4.78, 5) is 38.4. The van der Waals surface area contributed by atoms with E-state index in [-0.39, 0.29) is 35.3 Å². The van der Waals surface area contributed by atoms with E-state index < -0.39 is 22.9 Å². The van der Waals surface area contributed by atoms with Gasteiger partial charge in [-0.3, -0.25) is 14.4 Å². The molecule has 0 unspecified atom stereocenters. The van der Waals surface area contributed by atoms with Crippen molar-refractivity contribution < 1.29 is 23.5 Å². The smallest absolute Gasteiger partial charge is 0.410 e. The lowest BCUT2D eigenvalue weighted by atomic mass is 9.99. The predicted molar refractivity (Wildman–Crippen MR) is 141 cm³/mol. The molecule has 0 bridgehead atoms. The first kappa shape index (κ1) is 27.1. The van der Waals surface area contributed by atoms with Gasteiger partial charge in [-0.15, -0.1) is 0 Å². The molecule has 2 amide bonds. The third kappa shape index (κ3) is 5.79. The highest BCUT2D eigenvalue weighted by molar-refractivity contribution is 6.06. The molecule has 38 heavy (non-hydrogen) atoms. The number of ether oxygens (including phenoxy) is 2. The van der Waals surface area contributed by atoms with Crippen molar-refractivity contribution in [3.05, 3.63) is 35.9 Å². The van der Waals surface area contributed by atoms with Gasteiger partial charge in [0.2, 0.25) is 11.8 Å². The Labute approximate surface area is 220 Å². The van der Waals surface area contributed by atoms with Crippen LogP contribution in [-0.2, 0) is 11.8 Å². The number of hydrogen-bond acceptors (Lipinski definition) is 8. The van der Waals surface area contributed by atoms with E-state index in [0.717, 1.165) is 0 Å². The topological polar surface area (TPSA) is 115 Å². The van der Waals surface area contributed by atoms with Crippen LogP contribution in [-0.4, -0.2) is 74.0 Å². The molecule has 12 heteroatoms. The van der Waals surface area contributed by atoms with E-state index in [4.69, 9.17) is 9.47 Å². The zero-order valence-corrected chi connectivity index (χ0v) is 22.8. The summed E-state index contributed by atoms with van der Waals surface area (Å²) in [7, 11) is 1.70. The van der Waals surface area contributed by atoms with Crippen LogP contribution in [0, 0.1) is 5.82 Å². The Morgan fingerprint density at radius 3 is 2.61 bits per heavy atom.